The summed E-state index contributed by atoms with van der Waals surface area (Å²) in [4.78, 5) is 16.0. The molecule has 0 saturated heterocycles. The first-order valence-electron chi connectivity index (χ1n) is 5.61. The molecule has 3 N–H and O–H groups in total. The quantitative estimate of drug-likeness (QED) is 0.793. The number of aryl methyl sites for hydroxylation is 1. The minimum Gasteiger partial charge on any atom is -0.494 e. The van der Waals surface area contributed by atoms with Gasteiger partial charge in [0.2, 0.25) is 5.89 Å². The van der Waals surface area contributed by atoms with Crippen LogP contribution in [0.4, 0.5) is 5.69 Å². The fraction of sp³-hybridized carbons (Fsp3) is 0.250. The normalized spacial score (nSPS) is 10.2. The molecule has 0 bridgehead atoms. The van der Waals surface area contributed by atoms with E-state index in [1.807, 2.05) is 0 Å². The summed E-state index contributed by atoms with van der Waals surface area (Å²) in [6.45, 7) is 1.85. The molecule has 1 aromatic heterocycles. The van der Waals surface area contributed by atoms with E-state index in [0.717, 1.165) is 0 Å². The van der Waals surface area contributed by atoms with Crippen molar-refractivity contribution in [1.82, 2.24) is 15.5 Å². The third kappa shape index (κ3) is 2.82. The molecule has 7 nitrogen and oxygen atoms in total. The van der Waals surface area contributed by atoms with Gasteiger partial charge in [0.1, 0.15) is 0 Å². The second-order valence-electron chi connectivity index (χ2n) is 3.84. The van der Waals surface area contributed by atoms with Crippen molar-refractivity contribution < 1.29 is 14.1 Å². The van der Waals surface area contributed by atoms with Crippen LogP contribution in [0, 0.1) is 6.92 Å². The molecule has 0 aliphatic carbocycles. The molecule has 7 heteroatoms. The van der Waals surface area contributed by atoms with Gasteiger partial charge < -0.3 is 20.3 Å². The number of nitrogens with zero attached hydrogens (tertiary/aromatic N) is 2. The van der Waals surface area contributed by atoms with Gasteiger partial charge in [0, 0.05) is 6.92 Å². The zero-order valence-electron chi connectivity index (χ0n) is 10.6. The summed E-state index contributed by atoms with van der Waals surface area (Å²) in [7, 11) is 1.46. The fourth-order valence-electron chi connectivity index (χ4n) is 1.63. The highest BCUT2D eigenvalue weighted by atomic mass is 16.5. The van der Waals surface area contributed by atoms with Gasteiger partial charge in [-0.15, -0.1) is 0 Å². The number of carbonyl (C=O) groups is 1. The van der Waals surface area contributed by atoms with E-state index in [4.69, 9.17) is 15.0 Å². The molecule has 0 aliphatic rings. The van der Waals surface area contributed by atoms with Crippen LogP contribution in [0.15, 0.2) is 22.7 Å². The van der Waals surface area contributed by atoms with Gasteiger partial charge in [-0.2, -0.15) is 4.98 Å². The summed E-state index contributed by atoms with van der Waals surface area (Å²) >= 11 is 0. The number of hydrogen-bond donors (Lipinski definition) is 2. The molecule has 19 heavy (non-hydrogen) atoms. The fourth-order valence-corrected chi connectivity index (χ4v) is 1.63. The second-order valence-corrected chi connectivity index (χ2v) is 3.84. The number of rotatable bonds is 4. The third-order valence-electron chi connectivity index (χ3n) is 2.47. The first kappa shape index (κ1) is 12.9. The van der Waals surface area contributed by atoms with Crippen LogP contribution in [0.2, 0.25) is 0 Å². The van der Waals surface area contributed by atoms with E-state index in [-0.39, 0.29) is 12.5 Å². The van der Waals surface area contributed by atoms with Gasteiger partial charge in [0.25, 0.3) is 5.91 Å². The van der Waals surface area contributed by atoms with E-state index in [1.54, 1.807) is 25.1 Å². The predicted molar refractivity (Wildman–Crippen MR) is 67.6 cm³/mol. The summed E-state index contributed by atoms with van der Waals surface area (Å²) in [5, 5.41) is 6.36. The number of anilines is 1. The number of nitrogen functional groups attached to an aromatic ring is 1. The number of amides is 1. The Hall–Kier alpha value is -2.57. The van der Waals surface area contributed by atoms with Crippen LogP contribution < -0.4 is 15.8 Å². The Morgan fingerprint density at radius 1 is 1.53 bits per heavy atom. The van der Waals surface area contributed by atoms with E-state index in [1.165, 1.54) is 7.11 Å². The number of nitrogens with two attached hydrogens (primary N) is 1. The highest BCUT2D eigenvalue weighted by Gasteiger charge is 2.14. The van der Waals surface area contributed by atoms with E-state index >= 15 is 0 Å². The van der Waals surface area contributed by atoms with Gasteiger partial charge in [-0.3, -0.25) is 4.79 Å². The maximum atomic E-state index is 12.0. The van der Waals surface area contributed by atoms with Gasteiger partial charge in [-0.05, 0) is 12.1 Å². The lowest BCUT2D eigenvalue weighted by Gasteiger charge is -2.10. The Bertz CT molecular complexity index is 594. The Labute approximate surface area is 109 Å². The Balaban J connectivity index is 2.10. The third-order valence-corrected chi connectivity index (χ3v) is 2.47. The Kier molecular flexibility index (Phi) is 3.65. The number of ether oxygens (including phenoxy) is 1. The van der Waals surface area contributed by atoms with E-state index in [0.29, 0.717) is 28.7 Å². The smallest absolute Gasteiger partial charge is 0.255 e. The number of carbonyl (C=O) groups excluding carboxylic acids is 1. The predicted octanol–water partition coefficient (Wildman–Crippen LogP) is 0.899. The molecule has 1 aromatic carbocycles. The molecule has 0 radical (unpaired) electrons. The van der Waals surface area contributed by atoms with Crippen LogP contribution in [0.3, 0.4) is 0 Å². The van der Waals surface area contributed by atoms with E-state index < -0.39 is 0 Å². The number of benzene rings is 1. The van der Waals surface area contributed by atoms with Gasteiger partial charge in [0.05, 0.1) is 24.9 Å². The minimum atomic E-state index is -0.313. The van der Waals surface area contributed by atoms with Crippen molar-refractivity contribution in [3.05, 3.63) is 35.5 Å². The average Bonchev–Trinajstić information content (AvgIpc) is 2.81. The standard InChI is InChI=1S/C12H14N4O3/c1-7-15-10(16-19-7)6-14-12(17)8-4-3-5-9(13)11(8)18-2/h3-5H,6,13H2,1-2H3,(H,14,17). The number of methoxy groups -OCH3 is 1. The maximum Gasteiger partial charge on any atom is 0.255 e. The molecular weight excluding hydrogens is 248 g/mol. The van der Waals surface area contributed by atoms with Crippen LogP contribution >= 0.6 is 0 Å². The number of aromatic nitrogens is 2. The number of nitrogens with one attached hydrogen (secondary N) is 1. The lowest BCUT2D eigenvalue weighted by Crippen LogP contribution is -2.24. The van der Waals surface area contributed by atoms with Crippen LogP contribution in [0.1, 0.15) is 22.1 Å². The minimum absolute atomic E-state index is 0.175. The number of para-hydroxylation sites is 1. The van der Waals surface area contributed by atoms with Crippen LogP contribution in [0.5, 0.6) is 5.75 Å². The molecule has 0 saturated carbocycles. The topological polar surface area (TPSA) is 103 Å². The van der Waals surface area contributed by atoms with Crippen molar-refractivity contribution in [1.29, 1.82) is 0 Å². The van der Waals surface area contributed by atoms with Gasteiger partial charge in [-0.1, -0.05) is 11.2 Å². The monoisotopic (exact) mass is 262 g/mol. The molecule has 0 spiro atoms. The van der Waals surface area contributed by atoms with Gasteiger partial charge >= 0.3 is 0 Å². The molecule has 2 rings (SSSR count). The van der Waals surface area contributed by atoms with Crippen molar-refractivity contribution in [3.8, 4) is 5.75 Å². The summed E-state index contributed by atoms with van der Waals surface area (Å²) in [5.41, 5.74) is 6.51. The molecule has 1 heterocycles. The van der Waals surface area contributed by atoms with E-state index in [9.17, 15) is 4.79 Å². The van der Waals surface area contributed by atoms with Crippen molar-refractivity contribution in [3.63, 3.8) is 0 Å². The molecule has 1 amide bonds. The van der Waals surface area contributed by atoms with Crippen molar-refractivity contribution >= 4 is 11.6 Å². The summed E-state index contributed by atoms with van der Waals surface area (Å²) < 4.78 is 9.93. The van der Waals surface area contributed by atoms with Gasteiger partial charge in [-0.25, -0.2) is 0 Å². The molecule has 0 fully saturated rings. The molecule has 0 atom stereocenters. The van der Waals surface area contributed by atoms with Crippen LogP contribution in [-0.2, 0) is 6.54 Å². The molecular formula is C12H14N4O3. The zero-order valence-corrected chi connectivity index (χ0v) is 10.6. The van der Waals surface area contributed by atoms with Crippen molar-refractivity contribution in [2.75, 3.05) is 12.8 Å². The van der Waals surface area contributed by atoms with Crippen molar-refractivity contribution in [2.45, 2.75) is 13.5 Å². The maximum absolute atomic E-state index is 12.0. The van der Waals surface area contributed by atoms with E-state index in [2.05, 4.69) is 15.5 Å². The van der Waals surface area contributed by atoms with Crippen LogP contribution in [-0.4, -0.2) is 23.2 Å². The number of hydrogen-bond acceptors (Lipinski definition) is 6. The SMILES string of the molecule is COc1c(N)cccc1C(=O)NCc1noc(C)n1. The highest BCUT2D eigenvalue weighted by Crippen LogP contribution is 2.25. The summed E-state index contributed by atoms with van der Waals surface area (Å²) in [6, 6.07) is 4.98. The molecule has 100 valence electrons. The van der Waals surface area contributed by atoms with Crippen molar-refractivity contribution in [2.24, 2.45) is 0 Å². The highest BCUT2D eigenvalue weighted by molar-refractivity contribution is 5.98. The zero-order chi connectivity index (χ0) is 13.8. The summed E-state index contributed by atoms with van der Waals surface area (Å²) in [6.07, 6.45) is 0. The van der Waals surface area contributed by atoms with Gasteiger partial charge in [0.15, 0.2) is 11.6 Å². The Morgan fingerprint density at radius 3 is 2.95 bits per heavy atom. The molecule has 0 unspecified atom stereocenters. The lowest BCUT2D eigenvalue weighted by molar-refractivity contribution is 0.0946. The van der Waals surface area contributed by atoms with Crippen LogP contribution in [0.25, 0.3) is 0 Å². The first-order chi connectivity index (χ1) is 9.11. The largest absolute Gasteiger partial charge is 0.494 e. The average molecular weight is 262 g/mol. The summed E-state index contributed by atoms with van der Waals surface area (Å²) in [5.74, 6) is 0.899. The molecule has 2 aromatic rings. The molecule has 0 aliphatic heterocycles. The Morgan fingerprint density at radius 2 is 2.32 bits per heavy atom. The second kappa shape index (κ2) is 5.38. The lowest BCUT2D eigenvalue weighted by atomic mass is 10.1. The first-order valence-corrected chi connectivity index (χ1v) is 5.61.